The van der Waals surface area contributed by atoms with E-state index in [2.05, 4.69) is 6.07 Å². The van der Waals surface area contributed by atoms with Crippen LogP contribution in [0.4, 0.5) is 0 Å². The Morgan fingerprint density at radius 1 is 0.960 bits per heavy atom. The fourth-order valence-electron chi connectivity index (χ4n) is 3.85. The number of hydrogen-bond acceptors (Lipinski definition) is 3. The molecule has 1 heterocycles. The van der Waals surface area contributed by atoms with E-state index < -0.39 is 0 Å². The largest absolute Gasteiger partial charge is 0.341 e. The first kappa shape index (κ1) is 17.5. The first-order valence-corrected chi connectivity index (χ1v) is 9.27. The summed E-state index contributed by atoms with van der Waals surface area (Å²) >= 11 is 0. The van der Waals surface area contributed by atoms with E-state index in [0.717, 1.165) is 38.6 Å². The van der Waals surface area contributed by atoms with Gasteiger partial charge in [0.2, 0.25) is 5.91 Å². The number of benzene rings is 1. The van der Waals surface area contributed by atoms with Crippen molar-refractivity contribution in [3.8, 4) is 6.07 Å². The van der Waals surface area contributed by atoms with Crippen LogP contribution in [0.25, 0.3) is 0 Å². The molecule has 1 aliphatic heterocycles. The second-order valence-corrected chi connectivity index (χ2v) is 7.00. The number of amides is 2. The first-order chi connectivity index (χ1) is 12.2. The molecule has 3 rings (SSSR count). The van der Waals surface area contributed by atoms with Crippen molar-refractivity contribution in [3.05, 3.63) is 35.4 Å². The molecule has 1 aromatic rings. The highest BCUT2D eigenvalue weighted by Gasteiger charge is 2.28. The van der Waals surface area contributed by atoms with Crippen LogP contribution in [-0.2, 0) is 4.79 Å². The summed E-state index contributed by atoms with van der Waals surface area (Å²) < 4.78 is 0. The van der Waals surface area contributed by atoms with Gasteiger partial charge in [-0.1, -0.05) is 25.3 Å². The summed E-state index contributed by atoms with van der Waals surface area (Å²) in [5.41, 5.74) is 1.04. The Morgan fingerprint density at radius 3 is 2.44 bits per heavy atom. The predicted octanol–water partition coefficient (Wildman–Crippen LogP) is 2.81. The van der Waals surface area contributed by atoms with Crippen molar-refractivity contribution in [1.82, 2.24) is 9.80 Å². The lowest BCUT2D eigenvalue weighted by atomic mass is 9.88. The normalized spacial score (nSPS) is 19.2. The molecular weight excluding hydrogens is 314 g/mol. The van der Waals surface area contributed by atoms with Crippen molar-refractivity contribution in [1.29, 1.82) is 5.26 Å². The van der Waals surface area contributed by atoms with E-state index in [1.54, 1.807) is 24.3 Å². The highest BCUT2D eigenvalue weighted by molar-refractivity contribution is 5.94. The molecule has 0 unspecified atom stereocenters. The van der Waals surface area contributed by atoms with Crippen LogP contribution in [0.5, 0.6) is 0 Å². The summed E-state index contributed by atoms with van der Waals surface area (Å²) in [6, 6.07) is 8.90. The molecule has 0 radical (unpaired) electrons. The van der Waals surface area contributed by atoms with Gasteiger partial charge < -0.3 is 9.80 Å². The minimum atomic E-state index is -0.0518. The van der Waals surface area contributed by atoms with Crippen molar-refractivity contribution >= 4 is 11.8 Å². The molecule has 25 heavy (non-hydrogen) atoms. The average molecular weight is 339 g/mol. The summed E-state index contributed by atoms with van der Waals surface area (Å²) in [5, 5.41) is 9.00. The van der Waals surface area contributed by atoms with Gasteiger partial charge >= 0.3 is 0 Å². The number of hydrogen-bond donors (Lipinski definition) is 0. The molecule has 2 amide bonds. The van der Waals surface area contributed by atoms with E-state index in [9.17, 15) is 9.59 Å². The minimum Gasteiger partial charge on any atom is -0.341 e. The second-order valence-electron chi connectivity index (χ2n) is 7.00. The van der Waals surface area contributed by atoms with Gasteiger partial charge in [0, 0.05) is 37.7 Å². The zero-order valence-electron chi connectivity index (χ0n) is 14.6. The Labute approximate surface area is 149 Å². The van der Waals surface area contributed by atoms with Crippen molar-refractivity contribution in [2.75, 3.05) is 26.2 Å². The Balaban J connectivity index is 1.62. The lowest BCUT2D eigenvalue weighted by Gasteiger charge is -2.28. The van der Waals surface area contributed by atoms with Gasteiger partial charge in [-0.3, -0.25) is 9.59 Å². The maximum absolute atomic E-state index is 12.7. The zero-order chi connectivity index (χ0) is 17.6. The predicted molar refractivity (Wildman–Crippen MR) is 94.8 cm³/mol. The van der Waals surface area contributed by atoms with Crippen LogP contribution in [0.2, 0.25) is 0 Å². The molecule has 1 saturated heterocycles. The van der Waals surface area contributed by atoms with Gasteiger partial charge in [0.15, 0.2) is 0 Å². The number of nitrogens with zero attached hydrogens (tertiary/aromatic N) is 3. The quantitative estimate of drug-likeness (QED) is 0.832. The van der Waals surface area contributed by atoms with Crippen LogP contribution in [-0.4, -0.2) is 47.8 Å². The summed E-state index contributed by atoms with van der Waals surface area (Å²) in [5.74, 6) is 0.410. The first-order valence-electron chi connectivity index (χ1n) is 9.27. The summed E-state index contributed by atoms with van der Waals surface area (Å²) in [7, 11) is 0. The van der Waals surface area contributed by atoms with Gasteiger partial charge in [-0.2, -0.15) is 5.26 Å². The lowest BCUT2D eigenvalue weighted by molar-refractivity contribution is -0.136. The minimum absolute atomic E-state index is 0.0518. The van der Waals surface area contributed by atoms with Crippen molar-refractivity contribution < 1.29 is 9.59 Å². The third-order valence-electron chi connectivity index (χ3n) is 5.29. The van der Waals surface area contributed by atoms with Crippen LogP contribution in [0, 0.1) is 17.2 Å². The molecule has 0 N–H and O–H groups in total. The van der Waals surface area contributed by atoms with E-state index in [1.807, 2.05) is 9.80 Å². The topological polar surface area (TPSA) is 64.4 Å². The van der Waals surface area contributed by atoms with Gasteiger partial charge in [0.25, 0.3) is 5.91 Å². The Morgan fingerprint density at radius 2 is 1.68 bits per heavy atom. The van der Waals surface area contributed by atoms with E-state index in [0.29, 0.717) is 30.8 Å². The molecule has 0 bridgehead atoms. The molecule has 0 aromatic heterocycles. The molecule has 1 aliphatic carbocycles. The molecule has 2 aliphatic rings. The molecule has 132 valence electrons. The Hall–Kier alpha value is -2.35. The van der Waals surface area contributed by atoms with Crippen LogP contribution >= 0.6 is 0 Å². The van der Waals surface area contributed by atoms with Crippen molar-refractivity contribution in [3.63, 3.8) is 0 Å². The third kappa shape index (κ3) is 4.19. The molecule has 1 aromatic carbocycles. The Kier molecular flexibility index (Phi) is 5.70. The Bertz CT molecular complexity index is 674. The van der Waals surface area contributed by atoms with E-state index in [1.165, 1.54) is 6.42 Å². The van der Waals surface area contributed by atoms with Gasteiger partial charge in [-0.05, 0) is 37.5 Å². The van der Waals surface area contributed by atoms with Crippen LogP contribution in [0.1, 0.15) is 54.4 Å². The van der Waals surface area contributed by atoms with Crippen LogP contribution < -0.4 is 0 Å². The van der Waals surface area contributed by atoms with Gasteiger partial charge in [-0.15, -0.1) is 0 Å². The molecule has 1 saturated carbocycles. The maximum atomic E-state index is 12.7. The zero-order valence-corrected chi connectivity index (χ0v) is 14.6. The van der Waals surface area contributed by atoms with Gasteiger partial charge in [0.05, 0.1) is 11.6 Å². The number of carbonyl (C=O) groups excluding carboxylic acids is 2. The second kappa shape index (κ2) is 8.15. The number of carbonyl (C=O) groups is 2. The number of rotatable bonds is 2. The maximum Gasteiger partial charge on any atom is 0.253 e. The molecule has 5 nitrogen and oxygen atoms in total. The highest BCUT2D eigenvalue weighted by atomic mass is 16.2. The fourth-order valence-corrected chi connectivity index (χ4v) is 3.85. The van der Waals surface area contributed by atoms with Crippen LogP contribution in [0.3, 0.4) is 0 Å². The lowest BCUT2D eigenvalue weighted by Crippen LogP contribution is -2.40. The number of nitriles is 1. The molecule has 5 heteroatoms. The summed E-state index contributed by atoms with van der Waals surface area (Å²) in [6.07, 6.45) is 6.39. The van der Waals surface area contributed by atoms with Crippen molar-refractivity contribution in [2.24, 2.45) is 5.92 Å². The summed E-state index contributed by atoms with van der Waals surface area (Å²) in [6.45, 7) is 2.56. The SMILES string of the molecule is N#Cc1cccc(C(=O)N2CCCN(C(=O)C3CCCCC3)CC2)c1. The van der Waals surface area contributed by atoms with E-state index in [-0.39, 0.29) is 17.7 Å². The van der Waals surface area contributed by atoms with E-state index >= 15 is 0 Å². The molecule has 0 spiro atoms. The smallest absolute Gasteiger partial charge is 0.253 e. The monoisotopic (exact) mass is 339 g/mol. The van der Waals surface area contributed by atoms with Crippen molar-refractivity contribution in [2.45, 2.75) is 38.5 Å². The average Bonchev–Trinajstić information content (AvgIpc) is 2.94. The fraction of sp³-hybridized carbons (Fsp3) is 0.550. The highest BCUT2D eigenvalue weighted by Crippen LogP contribution is 2.26. The molecule has 0 atom stereocenters. The molecule has 2 fully saturated rings. The third-order valence-corrected chi connectivity index (χ3v) is 5.29. The van der Waals surface area contributed by atoms with Gasteiger partial charge in [0.1, 0.15) is 0 Å². The van der Waals surface area contributed by atoms with Crippen LogP contribution in [0.15, 0.2) is 24.3 Å². The van der Waals surface area contributed by atoms with Gasteiger partial charge in [-0.25, -0.2) is 0 Å². The van der Waals surface area contributed by atoms with E-state index in [4.69, 9.17) is 5.26 Å². The summed E-state index contributed by atoms with van der Waals surface area (Å²) in [4.78, 5) is 29.2. The molecular formula is C20H25N3O2. The standard InChI is InChI=1S/C20H25N3O2/c21-15-16-6-4-9-18(14-16)20(25)23-11-5-10-22(12-13-23)19(24)17-7-2-1-3-8-17/h4,6,9,14,17H,1-3,5,7-8,10-13H2.